The summed E-state index contributed by atoms with van der Waals surface area (Å²) in [4.78, 5) is 11.8. The zero-order chi connectivity index (χ0) is 15.2. The van der Waals surface area contributed by atoms with Crippen molar-refractivity contribution in [3.8, 4) is 0 Å². The molecular weight excluding hydrogens is 269 g/mol. The van der Waals surface area contributed by atoms with Crippen LogP contribution in [0, 0.1) is 12.7 Å². The molecule has 1 unspecified atom stereocenters. The lowest BCUT2D eigenvalue weighted by atomic mass is 10.1. The van der Waals surface area contributed by atoms with E-state index in [0.717, 1.165) is 5.56 Å². The summed E-state index contributed by atoms with van der Waals surface area (Å²) in [5.74, 6) is -0.502. The first-order valence-electron chi connectivity index (χ1n) is 6.81. The third-order valence-electron chi connectivity index (χ3n) is 3.28. The largest absolute Gasteiger partial charge is 0.388 e. The van der Waals surface area contributed by atoms with Crippen LogP contribution in [0.15, 0.2) is 48.5 Å². The number of hydrogen-bond donors (Lipinski definition) is 2. The number of aliphatic hydroxyl groups is 1. The number of aryl methyl sites for hydroxylation is 1. The highest BCUT2D eigenvalue weighted by molar-refractivity contribution is 5.76. The number of halogens is 1. The van der Waals surface area contributed by atoms with Gasteiger partial charge >= 0.3 is 0 Å². The normalized spacial score (nSPS) is 12.0. The minimum absolute atomic E-state index is 0.00416. The summed E-state index contributed by atoms with van der Waals surface area (Å²) in [6.45, 7) is 2.00. The monoisotopic (exact) mass is 287 g/mol. The SMILES string of the molecule is Cc1cc(CNC(=O)CC(O)c2ccccc2)ccc1F. The van der Waals surface area contributed by atoms with Crippen LogP contribution in [0.1, 0.15) is 29.2 Å². The van der Waals surface area contributed by atoms with E-state index in [1.165, 1.54) is 6.07 Å². The molecule has 0 radical (unpaired) electrons. The number of aliphatic hydroxyl groups excluding tert-OH is 1. The van der Waals surface area contributed by atoms with E-state index in [0.29, 0.717) is 17.7 Å². The van der Waals surface area contributed by atoms with E-state index < -0.39 is 6.10 Å². The van der Waals surface area contributed by atoms with Crippen LogP contribution in [0.4, 0.5) is 4.39 Å². The van der Waals surface area contributed by atoms with Gasteiger partial charge in [0.1, 0.15) is 5.82 Å². The second kappa shape index (κ2) is 6.99. The van der Waals surface area contributed by atoms with Gasteiger partial charge in [-0.25, -0.2) is 4.39 Å². The third-order valence-corrected chi connectivity index (χ3v) is 3.28. The van der Waals surface area contributed by atoms with Gasteiger partial charge in [-0.15, -0.1) is 0 Å². The lowest BCUT2D eigenvalue weighted by molar-refractivity contribution is -0.123. The van der Waals surface area contributed by atoms with Crippen molar-refractivity contribution in [3.05, 3.63) is 71.0 Å². The second-order valence-electron chi connectivity index (χ2n) is 4.99. The predicted molar refractivity (Wildman–Crippen MR) is 79.0 cm³/mol. The number of hydrogen-bond acceptors (Lipinski definition) is 2. The first kappa shape index (κ1) is 15.2. The summed E-state index contributed by atoms with van der Waals surface area (Å²) >= 11 is 0. The van der Waals surface area contributed by atoms with E-state index in [-0.39, 0.29) is 18.1 Å². The van der Waals surface area contributed by atoms with E-state index >= 15 is 0 Å². The van der Waals surface area contributed by atoms with Gasteiger partial charge in [-0.2, -0.15) is 0 Å². The van der Waals surface area contributed by atoms with E-state index in [4.69, 9.17) is 0 Å². The third kappa shape index (κ3) is 4.39. The molecule has 0 aliphatic heterocycles. The molecule has 0 saturated heterocycles. The quantitative estimate of drug-likeness (QED) is 0.888. The Labute approximate surface area is 123 Å². The Morgan fingerprint density at radius 3 is 2.62 bits per heavy atom. The van der Waals surface area contributed by atoms with Gasteiger partial charge in [-0.1, -0.05) is 42.5 Å². The first-order valence-corrected chi connectivity index (χ1v) is 6.81. The number of benzene rings is 2. The molecule has 3 nitrogen and oxygen atoms in total. The second-order valence-corrected chi connectivity index (χ2v) is 4.99. The minimum atomic E-state index is -0.818. The van der Waals surface area contributed by atoms with Crippen molar-refractivity contribution in [2.45, 2.75) is 26.0 Å². The molecule has 0 saturated carbocycles. The Hall–Kier alpha value is -2.20. The molecule has 0 bridgehead atoms. The lowest BCUT2D eigenvalue weighted by Crippen LogP contribution is -2.24. The number of carbonyl (C=O) groups is 1. The molecule has 2 rings (SSSR count). The maximum Gasteiger partial charge on any atom is 0.223 e. The van der Waals surface area contributed by atoms with Gasteiger partial charge in [0.25, 0.3) is 0 Å². The maximum atomic E-state index is 13.1. The molecule has 4 heteroatoms. The Morgan fingerprint density at radius 2 is 1.95 bits per heavy atom. The number of nitrogens with one attached hydrogen (secondary N) is 1. The van der Waals surface area contributed by atoms with Crippen LogP contribution < -0.4 is 5.32 Å². The topological polar surface area (TPSA) is 49.3 Å². The molecule has 21 heavy (non-hydrogen) atoms. The fraction of sp³-hybridized carbons (Fsp3) is 0.235. The molecule has 110 valence electrons. The van der Waals surface area contributed by atoms with Crippen LogP contribution in [0.2, 0.25) is 0 Å². The smallest absolute Gasteiger partial charge is 0.223 e. The molecule has 2 aromatic carbocycles. The van der Waals surface area contributed by atoms with E-state index in [2.05, 4.69) is 5.32 Å². The van der Waals surface area contributed by atoms with E-state index in [1.807, 2.05) is 18.2 Å². The lowest BCUT2D eigenvalue weighted by Gasteiger charge is -2.11. The van der Waals surface area contributed by atoms with Crippen molar-refractivity contribution in [2.75, 3.05) is 0 Å². The van der Waals surface area contributed by atoms with Gasteiger partial charge < -0.3 is 10.4 Å². The summed E-state index contributed by atoms with van der Waals surface area (Å²) in [6.07, 6.45) is -0.814. The summed E-state index contributed by atoms with van der Waals surface area (Å²) in [7, 11) is 0. The maximum absolute atomic E-state index is 13.1. The number of amides is 1. The fourth-order valence-electron chi connectivity index (χ4n) is 2.06. The van der Waals surface area contributed by atoms with Crippen molar-refractivity contribution in [2.24, 2.45) is 0 Å². The highest BCUT2D eigenvalue weighted by atomic mass is 19.1. The standard InChI is InChI=1S/C17H18FNO2/c1-12-9-13(7-8-15(12)18)11-19-17(21)10-16(20)14-5-3-2-4-6-14/h2-9,16,20H,10-11H2,1H3,(H,19,21). The van der Waals surface area contributed by atoms with Crippen LogP contribution in [0.5, 0.6) is 0 Å². The molecule has 0 aliphatic carbocycles. The fourth-order valence-corrected chi connectivity index (χ4v) is 2.06. The zero-order valence-electron chi connectivity index (χ0n) is 11.8. The molecule has 0 aliphatic rings. The Kier molecular flexibility index (Phi) is 5.06. The van der Waals surface area contributed by atoms with Crippen molar-refractivity contribution < 1.29 is 14.3 Å². The molecule has 0 spiro atoms. The van der Waals surface area contributed by atoms with Crippen LogP contribution in [0.3, 0.4) is 0 Å². The molecular formula is C17H18FNO2. The van der Waals surface area contributed by atoms with Gasteiger partial charge in [-0.3, -0.25) is 4.79 Å². The number of carbonyl (C=O) groups excluding carboxylic acids is 1. The Morgan fingerprint density at radius 1 is 1.24 bits per heavy atom. The summed E-state index contributed by atoms with van der Waals surface area (Å²) in [5.41, 5.74) is 2.09. The first-order chi connectivity index (χ1) is 10.1. The van der Waals surface area contributed by atoms with Crippen LogP contribution in [0.25, 0.3) is 0 Å². The minimum Gasteiger partial charge on any atom is -0.388 e. The van der Waals surface area contributed by atoms with Crippen molar-refractivity contribution in [1.82, 2.24) is 5.32 Å². The van der Waals surface area contributed by atoms with Crippen LogP contribution in [-0.4, -0.2) is 11.0 Å². The van der Waals surface area contributed by atoms with Crippen molar-refractivity contribution >= 4 is 5.91 Å². The molecule has 0 fully saturated rings. The molecule has 0 aromatic heterocycles. The van der Waals surface area contributed by atoms with Crippen molar-refractivity contribution in [3.63, 3.8) is 0 Å². The van der Waals surface area contributed by atoms with E-state index in [1.54, 1.807) is 31.2 Å². The summed E-state index contributed by atoms with van der Waals surface area (Å²) in [6, 6.07) is 13.8. The van der Waals surface area contributed by atoms with Gasteiger partial charge in [0, 0.05) is 6.54 Å². The highest BCUT2D eigenvalue weighted by Gasteiger charge is 2.12. The van der Waals surface area contributed by atoms with Gasteiger partial charge in [0.2, 0.25) is 5.91 Å². The number of rotatable bonds is 5. The molecule has 2 aromatic rings. The van der Waals surface area contributed by atoms with E-state index in [9.17, 15) is 14.3 Å². The average molecular weight is 287 g/mol. The Balaban J connectivity index is 1.86. The van der Waals surface area contributed by atoms with Crippen molar-refractivity contribution in [1.29, 1.82) is 0 Å². The molecule has 1 atom stereocenters. The molecule has 1 amide bonds. The zero-order valence-corrected chi connectivity index (χ0v) is 11.8. The highest BCUT2D eigenvalue weighted by Crippen LogP contribution is 2.15. The average Bonchev–Trinajstić information content (AvgIpc) is 2.49. The molecule has 0 heterocycles. The summed E-state index contributed by atoms with van der Waals surface area (Å²) in [5, 5.41) is 12.7. The summed E-state index contributed by atoms with van der Waals surface area (Å²) < 4.78 is 13.1. The van der Waals surface area contributed by atoms with Gasteiger partial charge in [0.15, 0.2) is 0 Å². The predicted octanol–water partition coefficient (Wildman–Crippen LogP) is 2.87. The Bertz CT molecular complexity index is 613. The van der Waals surface area contributed by atoms with Gasteiger partial charge in [0.05, 0.1) is 12.5 Å². The molecule has 2 N–H and O–H groups in total. The van der Waals surface area contributed by atoms with Gasteiger partial charge in [-0.05, 0) is 29.7 Å². The van der Waals surface area contributed by atoms with Crippen LogP contribution in [-0.2, 0) is 11.3 Å². The van der Waals surface area contributed by atoms with Crippen LogP contribution >= 0.6 is 0 Å².